The van der Waals surface area contributed by atoms with Crippen LogP contribution in [0.4, 0.5) is 4.79 Å². The summed E-state index contributed by atoms with van der Waals surface area (Å²) in [4.78, 5) is 26.8. The van der Waals surface area contributed by atoms with Gasteiger partial charge in [-0.2, -0.15) is 0 Å². The highest BCUT2D eigenvalue weighted by Crippen LogP contribution is 2.20. The molecule has 2 N–H and O–H groups in total. The zero-order valence-electron chi connectivity index (χ0n) is 10.8. The molecule has 0 saturated carbocycles. The van der Waals surface area contributed by atoms with Crippen molar-refractivity contribution in [3.05, 3.63) is 0 Å². The molecule has 2 atom stereocenters. The van der Waals surface area contributed by atoms with Crippen molar-refractivity contribution in [3.63, 3.8) is 0 Å². The summed E-state index contributed by atoms with van der Waals surface area (Å²) in [6.45, 7) is 4.93. The minimum absolute atomic E-state index is 0.255. The molecule has 0 aromatic carbocycles. The second-order valence-electron chi connectivity index (χ2n) is 5.14. The Morgan fingerprint density at radius 3 is 2.78 bits per heavy atom. The van der Waals surface area contributed by atoms with Gasteiger partial charge in [0.2, 0.25) is 0 Å². The molecule has 2 saturated heterocycles. The summed E-state index contributed by atoms with van der Waals surface area (Å²) in [7, 11) is 0. The summed E-state index contributed by atoms with van der Waals surface area (Å²) in [6.07, 6.45) is 3.61. The van der Waals surface area contributed by atoms with Gasteiger partial charge in [0.1, 0.15) is 6.04 Å². The summed E-state index contributed by atoms with van der Waals surface area (Å²) >= 11 is 0. The number of carbonyl (C=O) groups excluding carboxylic acids is 1. The number of rotatable bonds is 2. The number of carboxylic acid groups (broad SMARTS) is 1. The van der Waals surface area contributed by atoms with Crippen LogP contribution in [-0.4, -0.2) is 65.2 Å². The van der Waals surface area contributed by atoms with Crippen LogP contribution in [0, 0.1) is 0 Å². The maximum atomic E-state index is 11.9. The molecule has 0 radical (unpaired) electrons. The molecule has 1 unspecified atom stereocenters. The Bertz CT molecular complexity index is 335. The fourth-order valence-corrected chi connectivity index (χ4v) is 2.68. The number of hydrogen-bond acceptors (Lipinski definition) is 3. The van der Waals surface area contributed by atoms with Crippen molar-refractivity contribution in [3.8, 4) is 0 Å². The van der Waals surface area contributed by atoms with E-state index < -0.39 is 12.0 Å². The maximum absolute atomic E-state index is 11.9. The molecular formula is C12H21N3O3. The first kappa shape index (κ1) is 13.1. The largest absolute Gasteiger partial charge is 0.480 e. The fraction of sp³-hybridized carbons (Fsp3) is 0.833. The standard InChI is InChI=1S/C12H21N3O3/c1-9(11(16)17)13-12(18)15-7-6-14-5-3-2-4-10(14)8-15/h9-10H,2-8H2,1H3,(H,13,18)(H,16,17)/t9-,10?/m0/s1. The molecule has 2 aliphatic heterocycles. The minimum Gasteiger partial charge on any atom is -0.480 e. The molecule has 18 heavy (non-hydrogen) atoms. The topological polar surface area (TPSA) is 72.9 Å². The number of amides is 2. The first-order valence-electron chi connectivity index (χ1n) is 6.60. The second kappa shape index (κ2) is 5.56. The molecule has 2 amide bonds. The van der Waals surface area contributed by atoms with Crippen molar-refractivity contribution in [2.45, 2.75) is 38.3 Å². The van der Waals surface area contributed by atoms with Gasteiger partial charge in [0, 0.05) is 25.7 Å². The number of carbonyl (C=O) groups is 2. The summed E-state index contributed by atoms with van der Waals surface area (Å²) < 4.78 is 0. The van der Waals surface area contributed by atoms with E-state index >= 15 is 0 Å². The van der Waals surface area contributed by atoms with E-state index in [1.807, 2.05) is 0 Å². The van der Waals surface area contributed by atoms with Crippen molar-refractivity contribution in [1.29, 1.82) is 0 Å². The van der Waals surface area contributed by atoms with Crippen LogP contribution < -0.4 is 5.32 Å². The molecule has 6 nitrogen and oxygen atoms in total. The van der Waals surface area contributed by atoms with E-state index in [9.17, 15) is 9.59 Å². The number of piperidine rings is 1. The SMILES string of the molecule is C[C@H](NC(=O)N1CCN2CCCCC2C1)C(=O)O. The smallest absolute Gasteiger partial charge is 0.325 e. The fourth-order valence-electron chi connectivity index (χ4n) is 2.68. The van der Waals surface area contributed by atoms with Gasteiger partial charge in [-0.15, -0.1) is 0 Å². The van der Waals surface area contributed by atoms with Crippen molar-refractivity contribution >= 4 is 12.0 Å². The zero-order chi connectivity index (χ0) is 13.1. The molecule has 102 valence electrons. The van der Waals surface area contributed by atoms with Gasteiger partial charge in [0.15, 0.2) is 0 Å². The van der Waals surface area contributed by atoms with Gasteiger partial charge < -0.3 is 15.3 Å². The summed E-state index contributed by atoms with van der Waals surface area (Å²) in [6, 6.07) is -0.629. The van der Waals surface area contributed by atoms with Crippen molar-refractivity contribution in [1.82, 2.24) is 15.1 Å². The highest BCUT2D eigenvalue weighted by atomic mass is 16.4. The Morgan fingerprint density at radius 1 is 1.28 bits per heavy atom. The van der Waals surface area contributed by atoms with E-state index in [2.05, 4.69) is 10.2 Å². The molecule has 0 bridgehead atoms. The Hall–Kier alpha value is -1.30. The first-order valence-corrected chi connectivity index (χ1v) is 6.60. The Balaban J connectivity index is 1.86. The molecule has 2 fully saturated rings. The van der Waals surface area contributed by atoms with Gasteiger partial charge in [-0.1, -0.05) is 6.42 Å². The predicted molar refractivity (Wildman–Crippen MR) is 66.4 cm³/mol. The van der Waals surface area contributed by atoms with E-state index in [0.717, 1.165) is 26.1 Å². The number of piperazine rings is 1. The minimum atomic E-state index is -1.00. The predicted octanol–water partition coefficient (Wildman–Crippen LogP) is 0.339. The Kier molecular flexibility index (Phi) is 4.06. The summed E-state index contributed by atoms with van der Waals surface area (Å²) in [5.74, 6) is -1.00. The van der Waals surface area contributed by atoms with Gasteiger partial charge in [-0.3, -0.25) is 9.69 Å². The lowest BCUT2D eigenvalue weighted by molar-refractivity contribution is -0.138. The number of aliphatic carboxylic acids is 1. The maximum Gasteiger partial charge on any atom is 0.325 e. The Labute approximate surface area is 107 Å². The van der Waals surface area contributed by atoms with Crippen LogP contribution in [0.25, 0.3) is 0 Å². The van der Waals surface area contributed by atoms with Crippen LogP contribution in [0.15, 0.2) is 0 Å². The quantitative estimate of drug-likeness (QED) is 0.746. The van der Waals surface area contributed by atoms with Gasteiger partial charge >= 0.3 is 12.0 Å². The van der Waals surface area contributed by atoms with Crippen LogP contribution in [0.5, 0.6) is 0 Å². The number of nitrogens with one attached hydrogen (secondary N) is 1. The molecule has 0 aliphatic carbocycles. The van der Waals surface area contributed by atoms with Crippen molar-refractivity contribution in [2.75, 3.05) is 26.2 Å². The third-order valence-electron chi connectivity index (χ3n) is 3.83. The monoisotopic (exact) mass is 255 g/mol. The van der Waals surface area contributed by atoms with E-state index in [-0.39, 0.29) is 6.03 Å². The Morgan fingerprint density at radius 2 is 2.06 bits per heavy atom. The van der Waals surface area contributed by atoms with Crippen LogP contribution >= 0.6 is 0 Å². The molecule has 2 heterocycles. The number of carboxylic acids is 1. The van der Waals surface area contributed by atoms with Gasteiger partial charge in [0.05, 0.1) is 0 Å². The first-order chi connectivity index (χ1) is 8.58. The van der Waals surface area contributed by atoms with Crippen LogP contribution in [0.1, 0.15) is 26.2 Å². The lowest BCUT2D eigenvalue weighted by atomic mass is 10.00. The van der Waals surface area contributed by atoms with Crippen molar-refractivity contribution < 1.29 is 14.7 Å². The zero-order valence-corrected chi connectivity index (χ0v) is 10.8. The molecule has 2 rings (SSSR count). The van der Waals surface area contributed by atoms with Crippen LogP contribution in [0.2, 0.25) is 0 Å². The summed E-state index contributed by atoms with van der Waals surface area (Å²) in [5, 5.41) is 11.3. The van der Waals surface area contributed by atoms with Gasteiger partial charge in [-0.05, 0) is 26.3 Å². The van der Waals surface area contributed by atoms with E-state index in [4.69, 9.17) is 5.11 Å². The van der Waals surface area contributed by atoms with E-state index in [1.54, 1.807) is 4.90 Å². The van der Waals surface area contributed by atoms with Crippen molar-refractivity contribution in [2.24, 2.45) is 0 Å². The third-order valence-corrected chi connectivity index (χ3v) is 3.83. The molecule has 6 heteroatoms. The second-order valence-corrected chi connectivity index (χ2v) is 5.14. The van der Waals surface area contributed by atoms with Gasteiger partial charge in [0.25, 0.3) is 0 Å². The molecule has 2 aliphatic rings. The number of fused-ring (bicyclic) bond motifs is 1. The lowest BCUT2D eigenvalue weighted by Crippen LogP contribution is -2.59. The molecular weight excluding hydrogens is 234 g/mol. The van der Waals surface area contributed by atoms with E-state index in [0.29, 0.717) is 12.6 Å². The molecule has 0 aromatic rings. The average molecular weight is 255 g/mol. The molecule has 0 spiro atoms. The average Bonchev–Trinajstić information content (AvgIpc) is 2.37. The summed E-state index contributed by atoms with van der Waals surface area (Å²) in [5.41, 5.74) is 0. The number of hydrogen-bond donors (Lipinski definition) is 2. The van der Waals surface area contributed by atoms with E-state index in [1.165, 1.54) is 19.8 Å². The van der Waals surface area contributed by atoms with Crippen LogP contribution in [0.3, 0.4) is 0 Å². The van der Waals surface area contributed by atoms with Crippen LogP contribution in [-0.2, 0) is 4.79 Å². The highest BCUT2D eigenvalue weighted by Gasteiger charge is 2.31. The molecule has 0 aromatic heterocycles. The van der Waals surface area contributed by atoms with Gasteiger partial charge in [-0.25, -0.2) is 4.79 Å². The number of urea groups is 1. The highest BCUT2D eigenvalue weighted by molar-refractivity contribution is 5.82. The third kappa shape index (κ3) is 2.93. The number of nitrogens with zero attached hydrogens (tertiary/aromatic N) is 2. The lowest BCUT2D eigenvalue weighted by Gasteiger charge is -2.44. The normalized spacial score (nSPS) is 26.3.